The molecule has 2 aromatic heterocycles. The number of hydrogen-bond donors (Lipinski definition) is 3. The number of aliphatic hydroxyl groups is 1. The monoisotopic (exact) mass is 302 g/mol. The molecule has 0 amide bonds. The quantitative estimate of drug-likeness (QED) is 0.558. The third kappa shape index (κ3) is 4.60. The number of pyridine rings is 1. The van der Waals surface area contributed by atoms with Crippen LogP contribution in [0, 0.1) is 0 Å². The van der Waals surface area contributed by atoms with E-state index < -0.39 is 5.60 Å². The first-order valence-corrected chi connectivity index (χ1v) is 7.30. The molecule has 6 nitrogen and oxygen atoms in total. The van der Waals surface area contributed by atoms with Gasteiger partial charge in [-0.15, -0.1) is 0 Å². The minimum absolute atomic E-state index is 0.286. The van der Waals surface area contributed by atoms with Gasteiger partial charge in [0.2, 0.25) is 0 Å². The number of furan rings is 1. The summed E-state index contributed by atoms with van der Waals surface area (Å²) in [4.78, 5) is 8.69. The summed E-state index contributed by atoms with van der Waals surface area (Å²) in [6.45, 7) is 5.17. The van der Waals surface area contributed by atoms with Crippen molar-refractivity contribution in [1.29, 1.82) is 0 Å². The molecule has 6 heteroatoms. The first kappa shape index (κ1) is 16.0. The molecule has 0 aliphatic carbocycles. The van der Waals surface area contributed by atoms with Crippen LogP contribution in [0.25, 0.3) is 0 Å². The minimum Gasteiger partial charge on any atom is -0.466 e. The topological polar surface area (TPSA) is 82.7 Å². The Kier molecular flexibility index (Phi) is 5.55. The standard InChI is InChI=1S/C16H22N4O2/c1-3-17-15(19-11-13-7-4-5-9-18-13)20-12-16(2,21)14-8-6-10-22-14/h4-10,21H,3,11-12H2,1-2H3,(H2,17,19,20). The first-order valence-electron chi connectivity index (χ1n) is 7.30. The maximum absolute atomic E-state index is 10.4. The number of aliphatic imine (C=N–C) groups is 1. The highest BCUT2D eigenvalue weighted by Gasteiger charge is 2.26. The molecule has 0 aromatic carbocycles. The summed E-state index contributed by atoms with van der Waals surface area (Å²) in [6, 6.07) is 9.23. The van der Waals surface area contributed by atoms with Gasteiger partial charge in [-0.1, -0.05) is 6.07 Å². The fraction of sp³-hybridized carbons (Fsp3) is 0.375. The molecule has 118 valence electrons. The van der Waals surface area contributed by atoms with Gasteiger partial charge in [0.1, 0.15) is 11.4 Å². The molecule has 3 N–H and O–H groups in total. The van der Waals surface area contributed by atoms with E-state index in [0.29, 0.717) is 18.3 Å². The smallest absolute Gasteiger partial charge is 0.191 e. The average Bonchev–Trinajstić information content (AvgIpc) is 3.06. The second-order valence-electron chi connectivity index (χ2n) is 5.12. The van der Waals surface area contributed by atoms with Gasteiger partial charge in [0, 0.05) is 12.7 Å². The highest BCUT2D eigenvalue weighted by atomic mass is 16.4. The molecule has 0 aliphatic rings. The summed E-state index contributed by atoms with van der Waals surface area (Å²) in [5.41, 5.74) is -0.220. The Morgan fingerprint density at radius 2 is 2.18 bits per heavy atom. The molecular formula is C16H22N4O2. The van der Waals surface area contributed by atoms with Crippen LogP contribution in [0.5, 0.6) is 0 Å². The van der Waals surface area contributed by atoms with E-state index in [0.717, 1.165) is 12.2 Å². The molecular weight excluding hydrogens is 280 g/mol. The summed E-state index contributed by atoms with van der Waals surface area (Å²) in [6.07, 6.45) is 3.29. The fourth-order valence-electron chi connectivity index (χ4n) is 1.92. The van der Waals surface area contributed by atoms with Crippen molar-refractivity contribution in [1.82, 2.24) is 15.6 Å². The molecule has 0 fully saturated rings. The van der Waals surface area contributed by atoms with Crippen LogP contribution >= 0.6 is 0 Å². The van der Waals surface area contributed by atoms with Crippen molar-refractivity contribution < 1.29 is 9.52 Å². The van der Waals surface area contributed by atoms with Crippen LogP contribution < -0.4 is 10.6 Å². The number of nitrogens with zero attached hydrogens (tertiary/aromatic N) is 2. The van der Waals surface area contributed by atoms with Crippen LogP contribution in [-0.4, -0.2) is 29.1 Å². The van der Waals surface area contributed by atoms with Crippen LogP contribution in [0.1, 0.15) is 25.3 Å². The normalized spacial score (nSPS) is 14.4. The zero-order valence-electron chi connectivity index (χ0n) is 12.9. The number of nitrogens with one attached hydrogen (secondary N) is 2. The Labute approximate surface area is 130 Å². The van der Waals surface area contributed by atoms with Crippen molar-refractivity contribution >= 4 is 5.96 Å². The maximum Gasteiger partial charge on any atom is 0.191 e. The van der Waals surface area contributed by atoms with Gasteiger partial charge in [-0.05, 0) is 38.1 Å². The number of hydrogen-bond acceptors (Lipinski definition) is 4. The van der Waals surface area contributed by atoms with E-state index in [9.17, 15) is 5.11 Å². The van der Waals surface area contributed by atoms with Crippen LogP contribution in [0.3, 0.4) is 0 Å². The van der Waals surface area contributed by atoms with Crippen molar-refractivity contribution in [3.8, 4) is 0 Å². The predicted molar refractivity (Wildman–Crippen MR) is 85.3 cm³/mol. The van der Waals surface area contributed by atoms with Crippen LogP contribution in [0.4, 0.5) is 0 Å². The Hall–Kier alpha value is -2.34. The number of rotatable bonds is 6. The lowest BCUT2D eigenvalue weighted by Crippen LogP contribution is -2.44. The molecule has 1 atom stereocenters. The van der Waals surface area contributed by atoms with Gasteiger partial charge >= 0.3 is 0 Å². The van der Waals surface area contributed by atoms with Gasteiger partial charge in [0.15, 0.2) is 5.96 Å². The molecule has 22 heavy (non-hydrogen) atoms. The molecule has 0 bridgehead atoms. The van der Waals surface area contributed by atoms with Gasteiger partial charge in [0.25, 0.3) is 0 Å². The van der Waals surface area contributed by atoms with E-state index in [1.165, 1.54) is 0 Å². The molecule has 0 saturated heterocycles. The van der Waals surface area contributed by atoms with E-state index in [2.05, 4.69) is 20.6 Å². The molecule has 2 aromatic rings. The third-order valence-electron chi connectivity index (χ3n) is 3.12. The summed E-state index contributed by atoms with van der Waals surface area (Å²) < 4.78 is 5.26. The Morgan fingerprint density at radius 1 is 1.32 bits per heavy atom. The highest BCUT2D eigenvalue weighted by molar-refractivity contribution is 5.79. The molecule has 0 radical (unpaired) electrons. The molecule has 0 saturated carbocycles. The Bertz CT molecular complexity index is 579. The summed E-state index contributed by atoms with van der Waals surface area (Å²) in [7, 11) is 0. The number of guanidine groups is 1. The molecule has 2 rings (SSSR count). The Balaban J connectivity index is 1.96. The lowest BCUT2D eigenvalue weighted by atomic mass is 10.0. The van der Waals surface area contributed by atoms with Gasteiger partial charge in [-0.25, -0.2) is 4.99 Å². The van der Waals surface area contributed by atoms with Gasteiger partial charge in [-0.2, -0.15) is 0 Å². The second kappa shape index (κ2) is 7.61. The van der Waals surface area contributed by atoms with Crippen molar-refractivity contribution in [3.63, 3.8) is 0 Å². The SMILES string of the molecule is CCNC(=NCc1ccccn1)NCC(C)(O)c1ccco1. The predicted octanol–water partition coefficient (Wildman–Crippen LogP) is 1.64. The molecule has 0 aliphatic heterocycles. The van der Waals surface area contributed by atoms with E-state index in [1.807, 2.05) is 25.1 Å². The fourth-order valence-corrected chi connectivity index (χ4v) is 1.92. The van der Waals surface area contributed by atoms with Gasteiger partial charge in [-0.3, -0.25) is 4.98 Å². The van der Waals surface area contributed by atoms with Crippen molar-refractivity contribution in [2.24, 2.45) is 4.99 Å². The molecule has 0 spiro atoms. The lowest BCUT2D eigenvalue weighted by molar-refractivity contribution is 0.0386. The van der Waals surface area contributed by atoms with Gasteiger partial charge < -0.3 is 20.2 Å². The lowest BCUT2D eigenvalue weighted by Gasteiger charge is -2.22. The molecule has 2 heterocycles. The Morgan fingerprint density at radius 3 is 2.82 bits per heavy atom. The van der Waals surface area contributed by atoms with E-state index in [4.69, 9.17) is 4.42 Å². The van der Waals surface area contributed by atoms with Crippen molar-refractivity contribution in [3.05, 3.63) is 54.2 Å². The minimum atomic E-state index is -1.11. The van der Waals surface area contributed by atoms with Crippen LogP contribution in [0.15, 0.2) is 52.2 Å². The molecule has 1 unspecified atom stereocenters. The first-order chi connectivity index (χ1) is 10.6. The summed E-state index contributed by atoms with van der Waals surface area (Å²) in [5.74, 6) is 1.14. The van der Waals surface area contributed by atoms with E-state index >= 15 is 0 Å². The van der Waals surface area contributed by atoms with Gasteiger partial charge in [0.05, 0.1) is 25.0 Å². The maximum atomic E-state index is 10.4. The zero-order chi connectivity index (χ0) is 15.8. The average molecular weight is 302 g/mol. The van der Waals surface area contributed by atoms with Crippen molar-refractivity contribution in [2.45, 2.75) is 26.0 Å². The summed E-state index contributed by atoms with van der Waals surface area (Å²) in [5, 5.41) is 16.7. The summed E-state index contributed by atoms with van der Waals surface area (Å²) >= 11 is 0. The zero-order valence-corrected chi connectivity index (χ0v) is 12.9. The van der Waals surface area contributed by atoms with E-state index in [1.54, 1.807) is 31.5 Å². The van der Waals surface area contributed by atoms with Crippen molar-refractivity contribution in [2.75, 3.05) is 13.1 Å². The number of aromatic nitrogens is 1. The largest absolute Gasteiger partial charge is 0.466 e. The van der Waals surface area contributed by atoms with Crippen LogP contribution in [0.2, 0.25) is 0 Å². The van der Waals surface area contributed by atoms with Crippen LogP contribution in [-0.2, 0) is 12.1 Å². The second-order valence-corrected chi connectivity index (χ2v) is 5.12. The highest BCUT2D eigenvalue weighted by Crippen LogP contribution is 2.19. The van der Waals surface area contributed by atoms with E-state index in [-0.39, 0.29) is 6.54 Å². The third-order valence-corrected chi connectivity index (χ3v) is 3.12.